The van der Waals surface area contributed by atoms with Crippen molar-refractivity contribution in [2.75, 3.05) is 20.3 Å². The molecule has 1 aromatic carbocycles. The summed E-state index contributed by atoms with van der Waals surface area (Å²) in [5, 5.41) is 11.8. The Morgan fingerprint density at radius 1 is 1.36 bits per heavy atom. The second kappa shape index (κ2) is 9.57. The fraction of sp³-hybridized carbons (Fsp3) is 0.375. The normalized spacial score (nSPS) is 11.5. The Labute approximate surface area is 129 Å². The highest BCUT2D eigenvalue weighted by Gasteiger charge is 2.21. The molecule has 1 unspecified atom stereocenters. The van der Waals surface area contributed by atoms with Crippen LogP contribution in [0.25, 0.3) is 0 Å². The van der Waals surface area contributed by atoms with Gasteiger partial charge in [-0.05, 0) is 24.1 Å². The monoisotopic (exact) mass is 307 g/mol. The molecule has 0 aliphatic carbocycles. The first-order valence-corrected chi connectivity index (χ1v) is 6.93. The zero-order valence-corrected chi connectivity index (χ0v) is 12.6. The van der Waals surface area contributed by atoms with E-state index in [-0.39, 0.29) is 12.3 Å². The van der Waals surface area contributed by atoms with Gasteiger partial charge in [0.15, 0.2) is 6.04 Å². The molecule has 6 heteroatoms. The second-order valence-electron chi connectivity index (χ2n) is 4.58. The van der Waals surface area contributed by atoms with Crippen LogP contribution in [0.3, 0.4) is 0 Å². The summed E-state index contributed by atoms with van der Waals surface area (Å²) in [5.74, 6) is -0.814. The van der Waals surface area contributed by atoms with Gasteiger partial charge in [-0.1, -0.05) is 18.2 Å². The molecule has 1 amide bonds. The topological polar surface area (TPSA) is 84.9 Å². The van der Waals surface area contributed by atoms with E-state index in [1.165, 1.54) is 7.11 Å². The summed E-state index contributed by atoms with van der Waals surface area (Å²) in [7, 11) is 1.53. The summed E-state index contributed by atoms with van der Waals surface area (Å²) < 4.78 is 10.2. The lowest BCUT2D eigenvalue weighted by Gasteiger charge is -2.15. The van der Waals surface area contributed by atoms with Crippen LogP contribution in [0, 0.1) is 0 Å². The van der Waals surface area contributed by atoms with Crippen molar-refractivity contribution in [3.63, 3.8) is 0 Å². The van der Waals surface area contributed by atoms with E-state index in [1.807, 2.05) is 0 Å². The fourth-order valence-electron chi connectivity index (χ4n) is 1.82. The largest absolute Gasteiger partial charge is 0.497 e. The molecule has 0 aromatic heterocycles. The molecule has 0 heterocycles. The third-order valence-electron chi connectivity index (χ3n) is 2.93. The summed E-state index contributed by atoms with van der Waals surface area (Å²) >= 11 is 0. The van der Waals surface area contributed by atoms with E-state index in [0.29, 0.717) is 30.9 Å². The number of methoxy groups -OCH3 is 1. The van der Waals surface area contributed by atoms with Crippen LogP contribution in [0.4, 0.5) is 0 Å². The molecule has 6 nitrogen and oxygen atoms in total. The lowest BCUT2D eigenvalue weighted by Crippen LogP contribution is -2.33. The van der Waals surface area contributed by atoms with Crippen molar-refractivity contribution in [3.05, 3.63) is 42.5 Å². The van der Waals surface area contributed by atoms with Crippen LogP contribution in [0.1, 0.15) is 24.4 Å². The van der Waals surface area contributed by atoms with Gasteiger partial charge >= 0.3 is 5.97 Å². The van der Waals surface area contributed by atoms with Crippen molar-refractivity contribution < 1.29 is 24.2 Å². The summed E-state index contributed by atoms with van der Waals surface area (Å²) in [4.78, 5) is 23.1. The van der Waals surface area contributed by atoms with Crippen LogP contribution in [0.5, 0.6) is 5.75 Å². The van der Waals surface area contributed by atoms with Crippen LogP contribution in [-0.4, -0.2) is 37.3 Å². The highest BCUT2D eigenvalue weighted by atomic mass is 16.5. The SMILES string of the molecule is C=CCOCCCC(=O)NC(C(=O)O)c1ccc(OC)cc1. The standard InChI is InChI=1S/C16H21NO5/c1-3-10-22-11-4-5-14(18)17-15(16(19)20)12-6-8-13(21-2)9-7-12/h3,6-9,15H,1,4-5,10-11H2,2H3,(H,17,18)(H,19,20). The summed E-state index contributed by atoms with van der Waals surface area (Å²) in [5.41, 5.74) is 0.490. The number of nitrogens with one attached hydrogen (secondary N) is 1. The second-order valence-corrected chi connectivity index (χ2v) is 4.58. The maximum Gasteiger partial charge on any atom is 0.330 e. The first kappa shape index (κ1) is 17.7. The maximum absolute atomic E-state index is 11.8. The van der Waals surface area contributed by atoms with E-state index >= 15 is 0 Å². The number of carbonyl (C=O) groups is 2. The molecule has 0 fully saturated rings. The quantitative estimate of drug-likeness (QED) is 0.509. The van der Waals surface area contributed by atoms with Gasteiger partial charge in [0.05, 0.1) is 13.7 Å². The number of carbonyl (C=O) groups excluding carboxylic acids is 1. The molecule has 22 heavy (non-hydrogen) atoms. The van der Waals surface area contributed by atoms with Gasteiger partial charge in [0.25, 0.3) is 0 Å². The lowest BCUT2D eigenvalue weighted by atomic mass is 10.1. The molecule has 1 rings (SSSR count). The van der Waals surface area contributed by atoms with Gasteiger partial charge < -0.3 is 19.9 Å². The third kappa shape index (κ3) is 5.97. The Balaban J connectivity index is 2.54. The number of amides is 1. The van der Waals surface area contributed by atoms with Crippen molar-refractivity contribution in [1.82, 2.24) is 5.32 Å². The Morgan fingerprint density at radius 2 is 2.05 bits per heavy atom. The number of benzene rings is 1. The minimum Gasteiger partial charge on any atom is -0.497 e. The first-order valence-electron chi connectivity index (χ1n) is 6.93. The molecule has 0 bridgehead atoms. The Kier molecular flexibility index (Phi) is 7.70. The predicted octanol–water partition coefficient (Wildman–Crippen LogP) is 1.92. The first-order chi connectivity index (χ1) is 10.6. The minimum atomic E-state index is -1.11. The number of rotatable bonds is 10. The Morgan fingerprint density at radius 3 is 2.59 bits per heavy atom. The molecule has 2 N–H and O–H groups in total. The number of ether oxygens (including phenoxy) is 2. The summed E-state index contributed by atoms with van der Waals surface area (Å²) in [6.45, 7) is 4.39. The van der Waals surface area contributed by atoms with Gasteiger partial charge in [0.2, 0.25) is 5.91 Å². The average molecular weight is 307 g/mol. The molecule has 0 saturated carbocycles. The van der Waals surface area contributed by atoms with Crippen molar-refractivity contribution in [3.8, 4) is 5.75 Å². The third-order valence-corrected chi connectivity index (χ3v) is 2.93. The van der Waals surface area contributed by atoms with E-state index in [2.05, 4.69) is 11.9 Å². The predicted molar refractivity (Wildman–Crippen MR) is 81.8 cm³/mol. The number of hydrogen-bond donors (Lipinski definition) is 2. The Bertz CT molecular complexity index is 498. The van der Waals surface area contributed by atoms with Gasteiger partial charge in [0.1, 0.15) is 5.75 Å². The smallest absolute Gasteiger partial charge is 0.330 e. The highest BCUT2D eigenvalue weighted by Crippen LogP contribution is 2.18. The molecule has 0 saturated heterocycles. The molecular weight excluding hydrogens is 286 g/mol. The highest BCUT2D eigenvalue weighted by molar-refractivity contribution is 5.84. The van der Waals surface area contributed by atoms with Gasteiger partial charge in [-0.2, -0.15) is 0 Å². The molecule has 120 valence electrons. The van der Waals surface area contributed by atoms with Gasteiger partial charge in [0, 0.05) is 13.0 Å². The van der Waals surface area contributed by atoms with E-state index < -0.39 is 12.0 Å². The zero-order chi connectivity index (χ0) is 16.4. The van der Waals surface area contributed by atoms with Gasteiger partial charge in [-0.25, -0.2) is 4.79 Å². The summed E-state index contributed by atoms with van der Waals surface area (Å²) in [6, 6.07) is 5.46. The van der Waals surface area contributed by atoms with E-state index in [0.717, 1.165) is 0 Å². The molecular formula is C16H21NO5. The number of carboxylic acids is 1. The molecule has 0 aliphatic rings. The van der Waals surface area contributed by atoms with Crippen molar-refractivity contribution in [2.45, 2.75) is 18.9 Å². The molecule has 1 atom stereocenters. The van der Waals surface area contributed by atoms with E-state index in [4.69, 9.17) is 9.47 Å². The fourth-order valence-corrected chi connectivity index (χ4v) is 1.82. The van der Waals surface area contributed by atoms with Gasteiger partial charge in [-0.3, -0.25) is 4.79 Å². The lowest BCUT2D eigenvalue weighted by molar-refractivity contribution is -0.142. The zero-order valence-electron chi connectivity index (χ0n) is 12.6. The molecule has 0 spiro atoms. The number of aliphatic carboxylic acids is 1. The van der Waals surface area contributed by atoms with Crippen molar-refractivity contribution in [1.29, 1.82) is 0 Å². The number of carboxylic acid groups (broad SMARTS) is 1. The van der Waals surface area contributed by atoms with E-state index in [1.54, 1.807) is 30.3 Å². The average Bonchev–Trinajstić information content (AvgIpc) is 2.52. The van der Waals surface area contributed by atoms with Crippen LogP contribution in [0.15, 0.2) is 36.9 Å². The Hall–Kier alpha value is -2.34. The van der Waals surface area contributed by atoms with Crippen molar-refractivity contribution >= 4 is 11.9 Å². The van der Waals surface area contributed by atoms with Crippen LogP contribution >= 0.6 is 0 Å². The number of hydrogen-bond acceptors (Lipinski definition) is 4. The minimum absolute atomic E-state index is 0.205. The van der Waals surface area contributed by atoms with Crippen LogP contribution in [-0.2, 0) is 14.3 Å². The van der Waals surface area contributed by atoms with Crippen LogP contribution < -0.4 is 10.1 Å². The maximum atomic E-state index is 11.8. The van der Waals surface area contributed by atoms with Crippen molar-refractivity contribution in [2.24, 2.45) is 0 Å². The molecule has 1 aromatic rings. The van der Waals surface area contributed by atoms with E-state index in [9.17, 15) is 14.7 Å². The molecule has 0 aliphatic heterocycles. The van der Waals surface area contributed by atoms with Gasteiger partial charge in [-0.15, -0.1) is 6.58 Å². The molecule has 0 radical (unpaired) electrons. The summed E-state index contributed by atoms with van der Waals surface area (Å²) in [6.07, 6.45) is 2.36. The van der Waals surface area contributed by atoms with Crippen LogP contribution in [0.2, 0.25) is 0 Å².